The summed E-state index contributed by atoms with van der Waals surface area (Å²) >= 11 is 0. The van der Waals surface area contributed by atoms with Gasteiger partial charge in [0.1, 0.15) is 0 Å². The van der Waals surface area contributed by atoms with E-state index in [-0.39, 0.29) is 5.92 Å². The number of alkyl halides is 3. The molecule has 0 aliphatic carbocycles. The molecule has 0 fully saturated rings. The Morgan fingerprint density at radius 2 is 2.00 bits per heavy atom. The summed E-state index contributed by atoms with van der Waals surface area (Å²) in [6, 6.07) is 6.84. The molecule has 2 aromatic heterocycles. The van der Waals surface area contributed by atoms with Gasteiger partial charge in [-0.25, -0.2) is 9.78 Å². The molecule has 1 N–H and O–H groups in total. The van der Waals surface area contributed by atoms with Crippen LogP contribution in [0.4, 0.5) is 13.2 Å². The molecule has 9 heteroatoms. The van der Waals surface area contributed by atoms with Gasteiger partial charge < -0.3 is 9.30 Å². The highest BCUT2D eigenvalue weighted by Gasteiger charge is 2.33. The fraction of sp³-hybridized carbons (Fsp3) is 0.318. The van der Waals surface area contributed by atoms with Gasteiger partial charge in [-0.05, 0) is 42.7 Å². The molecule has 0 amide bonds. The van der Waals surface area contributed by atoms with Crippen LogP contribution in [0.25, 0.3) is 21.9 Å². The van der Waals surface area contributed by atoms with Gasteiger partial charge >= 0.3 is 12.1 Å². The monoisotopic (exact) mass is 430 g/mol. The van der Waals surface area contributed by atoms with Crippen LogP contribution in [0.5, 0.6) is 0 Å². The van der Waals surface area contributed by atoms with E-state index in [4.69, 9.17) is 4.74 Å². The van der Waals surface area contributed by atoms with E-state index in [9.17, 15) is 18.0 Å². The second-order valence-electron chi connectivity index (χ2n) is 7.89. The van der Waals surface area contributed by atoms with Gasteiger partial charge in [0.05, 0.1) is 53.4 Å². The van der Waals surface area contributed by atoms with Crippen molar-refractivity contribution < 1.29 is 22.7 Å². The Labute approximate surface area is 176 Å². The van der Waals surface area contributed by atoms with Crippen LogP contribution in [-0.2, 0) is 10.9 Å². The zero-order valence-electron chi connectivity index (χ0n) is 17.2. The average molecular weight is 430 g/mol. The van der Waals surface area contributed by atoms with E-state index in [1.807, 2.05) is 18.4 Å². The zero-order chi connectivity index (χ0) is 22.3. The molecule has 6 nitrogen and oxygen atoms in total. The smallest absolute Gasteiger partial charge is 0.416 e. The maximum absolute atomic E-state index is 13.6. The number of H-pyrrole nitrogens is 1. The van der Waals surface area contributed by atoms with Gasteiger partial charge in [0.15, 0.2) is 0 Å². The number of nitrogens with one attached hydrogen (secondary N) is 1. The number of imidazole rings is 1. The highest BCUT2D eigenvalue weighted by molar-refractivity contribution is 5.93. The minimum Gasteiger partial charge on any atom is -0.465 e. The largest absolute Gasteiger partial charge is 0.465 e. The molecular weight excluding hydrogens is 409 g/mol. The van der Waals surface area contributed by atoms with Crippen molar-refractivity contribution in [3.63, 3.8) is 0 Å². The lowest BCUT2D eigenvalue weighted by Crippen LogP contribution is -2.15. The topological polar surface area (TPSA) is 72.8 Å². The molecule has 31 heavy (non-hydrogen) atoms. The maximum atomic E-state index is 13.6. The van der Waals surface area contributed by atoms with E-state index >= 15 is 0 Å². The number of benzene rings is 2. The van der Waals surface area contributed by atoms with Crippen molar-refractivity contribution in [2.75, 3.05) is 7.11 Å². The Morgan fingerprint density at radius 3 is 2.68 bits per heavy atom. The van der Waals surface area contributed by atoms with E-state index in [1.54, 1.807) is 24.5 Å². The number of rotatable bonds is 5. The summed E-state index contributed by atoms with van der Waals surface area (Å²) in [7, 11) is 1.30. The van der Waals surface area contributed by atoms with Crippen molar-refractivity contribution >= 4 is 27.9 Å². The molecule has 0 spiro atoms. The normalized spacial score (nSPS) is 13.3. The highest BCUT2D eigenvalue weighted by atomic mass is 19.4. The Kier molecular flexibility index (Phi) is 5.20. The van der Waals surface area contributed by atoms with Crippen molar-refractivity contribution in [2.24, 2.45) is 5.92 Å². The summed E-state index contributed by atoms with van der Waals surface area (Å²) in [6.07, 6.45) is -0.898. The molecule has 0 bridgehead atoms. The van der Waals surface area contributed by atoms with E-state index in [1.165, 1.54) is 19.4 Å². The third-order valence-electron chi connectivity index (χ3n) is 5.29. The molecule has 2 heterocycles. The minimum absolute atomic E-state index is 0.198. The number of aromatic nitrogens is 4. The lowest BCUT2D eigenvalue weighted by molar-refractivity contribution is -0.137. The molecule has 1 unspecified atom stereocenters. The fourth-order valence-corrected chi connectivity index (χ4v) is 3.87. The number of ether oxygens (including phenoxy) is 1. The molecule has 4 aromatic rings. The first-order valence-electron chi connectivity index (χ1n) is 9.78. The number of aromatic amines is 1. The molecule has 0 radical (unpaired) electrons. The molecule has 1 atom stereocenters. The highest BCUT2D eigenvalue weighted by Crippen LogP contribution is 2.38. The summed E-state index contributed by atoms with van der Waals surface area (Å²) < 4.78 is 47.4. The third-order valence-corrected chi connectivity index (χ3v) is 5.29. The van der Waals surface area contributed by atoms with E-state index in [2.05, 4.69) is 15.2 Å². The van der Waals surface area contributed by atoms with Crippen molar-refractivity contribution in [2.45, 2.75) is 32.5 Å². The quantitative estimate of drug-likeness (QED) is 0.433. The van der Waals surface area contributed by atoms with Crippen LogP contribution in [0.1, 0.15) is 47.8 Å². The zero-order valence-corrected chi connectivity index (χ0v) is 17.2. The lowest BCUT2D eigenvalue weighted by Gasteiger charge is -2.24. The van der Waals surface area contributed by atoms with Gasteiger partial charge in [-0.2, -0.15) is 18.3 Å². The Balaban J connectivity index is 1.92. The summed E-state index contributed by atoms with van der Waals surface area (Å²) in [5.74, 6) is -0.281. The number of hydrogen-bond donors (Lipinski definition) is 1. The number of methoxy groups -OCH3 is 1. The predicted octanol–water partition coefficient (Wildman–Crippen LogP) is 5.35. The van der Waals surface area contributed by atoms with Crippen LogP contribution >= 0.6 is 0 Å². The number of esters is 1. The number of halogens is 3. The van der Waals surface area contributed by atoms with E-state index in [0.717, 1.165) is 6.07 Å². The number of hydrogen-bond acceptors (Lipinski definition) is 4. The fourth-order valence-electron chi connectivity index (χ4n) is 3.87. The standard InChI is InChI=1S/C22H21F3N4O2/c1-12(2)6-19(16-9-15(22(23,24)25)7-14-10-27-28-20(14)16)29-11-26-17-8-13(21(30)31-3)4-5-18(17)29/h4-5,7-12,19H,6H2,1-3H3,(H,27,28). The van der Waals surface area contributed by atoms with Crippen LogP contribution in [0, 0.1) is 5.92 Å². The van der Waals surface area contributed by atoms with Crippen LogP contribution < -0.4 is 0 Å². The van der Waals surface area contributed by atoms with Crippen LogP contribution in [-0.4, -0.2) is 32.8 Å². The van der Waals surface area contributed by atoms with Crippen molar-refractivity contribution in [3.05, 3.63) is 59.5 Å². The number of carbonyl (C=O) groups is 1. The SMILES string of the molecule is COC(=O)c1ccc2c(c1)ncn2C(CC(C)C)c1cc(C(F)(F)F)cc2cn[nH]c12. The van der Waals surface area contributed by atoms with Gasteiger partial charge in [-0.3, -0.25) is 5.10 Å². The van der Waals surface area contributed by atoms with Gasteiger partial charge in [-0.1, -0.05) is 13.8 Å². The molecule has 162 valence electrons. The Morgan fingerprint density at radius 1 is 1.23 bits per heavy atom. The van der Waals surface area contributed by atoms with Gasteiger partial charge in [0, 0.05) is 10.9 Å². The summed E-state index contributed by atoms with van der Waals surface area (Å²) in [5.41, 5.74) is 1.96. The second-order valence-corrected chi connectivity index (χ2v) is 7.89. The first kappa shape index (κ1) is 20.9. The van der Waals surface area contributed by atoms with Gasteiger partial charge in [-0.15, -0.1) is 0 Å². The van der Waals surface area contributed by atoms with E-state index in [0.29, 0.717) is 39.5 Å². The number of carbonyl (C=O) groups excluding carboxylic acids is 1. The van der Waals surface area contributed by atoms with Gasteiger partial charge in [0.25, 0.3) is 0 Å². The van der Waals surface area contributed by atoms with Crippen LogP contribution in [0.3, 0.4) is 0 Å². The Hall–Kier alpha value is -3.36. The van der Waals surface area contributed by atoms with Crippen molar-refractivity contribution in [1.82, 2.24) is 19.7 Å². The molecule has 2 aromatic carbocycles. The van der Waals surface area contributed by atoms with Crippen LogP contribution in [0.2, 0.25) is 0 Å². The van der Waals surface area contributed by atoms with Crippen molar-refractivity contribution in [3.8, 4) is 0 Å². The molecule has 4 rings (SSSR count). The molecule has 0 aliphatic heterocycles. The molecule has 0 aliphatic rings. The molecular formula is C22H21F3N4O2. The summed E-state index contributed by atoms with van der Waals surface area (Å²) in [6.45, 7) is 4.03. The lowest BCUT2D eigenvalue weighted by atomic mass is 9.93. The minimum atomic E-state index is -4.48. The average Bonchev–Trinajstić information content (AvgIpc) is 3.36. The Bertz CT molecular complexity index is 1260. The van der Waals surface area contributed by atoms with Gasteiger partial charge in [0.2, 0.25) is 0 Å². The maximum Gasteiger partial charge on any atom is 0.416 e. The predicted molar refractivity (Wildman–Crippen MR) is 110 cm³/mol. The first-order valence-corrected chi connectivity index (χ1v) is 9.78. The second kappa shape index (κ2) is 7.72. The van der Waals surface area contributed by atoms with E-state index < -0.39 is 23.8 Å². The first-order chi connectivity index (χ1) is 14.7. The third kappa shape index (κ3) is 3.87. The van der Waals surface area contributed by atoms with Crippen molar-refractivity contribution in [1.29, 1.82) is 0 Å². The summed E-state index contributed by atoms with van der Waals surface area (Å²) in [5, 5.41) is 7.21. The molecule has 0 saturated heterocycles. The van der Waals surface area contributed by atoms with Crippen LogP contribution in [0.15, 0.2) is 42.9 Å². The number of nitrogens with zero attached hydrogens (tertiary/aromatic N) is 3. The number of fused-ring (bicyclic) bond motifs is 2. The summed E-state index contributed by atoms with van der Waals surface area (Å²) in [4.78, 5) is 16.2. The molecule has 0 saturated carbocycles.